The lowest BCUT2D eigenvalue weighted by Gasteiger charge is -2.14. The lowest BCUT2D eigenvalue weighted by atomic mass is 10.0. The highest BCUT2D eigenvalue weighted by Gasteiger charge is 2.32. The molecule has 20 heavy (non-hydrogen) atoms. The van der Waals surface area contributed by atoms with Crippen molar-refractivity contribution in [2.24, 2.45) is 0 Å². The van der Waals surface area contributed by atoms with Crippen LogP contribution in [0.3, 0.4) is 0 Å². The molecule has 6 heteroatoms. The molecule has 2 rings (SSSR count). The molecule has 0 spiro atoms. The average molecular weight is 368 g/mol. The molecule has 0 heterocycles. The second-order valence-electron chi connectivity index (χ2n) is 4.15. The summed E-state index contributed by atoms with van der Waals surface area (Å²) in [5.74, 6) is -0.699. The summed E-state index contributed by atoms with van der Waals surface area (Å²) < 4.78 is 51.7. The first-order valence-corrected chi connectivity index (χ1v) is 6.84. The molecule has 0 aliphatic heterocycles. The first-order valence-electron chi connectivity index (χ1n) is 5.55. The summed E-state index contributed by atoms with van der Waals surface area (Å²) in [5.41, 5.74) is -0.331. The predicted octanol–water partition coefficient (Wildman–Crippen LogP) is 5.98. The Morgan fingerprint density at radius 3 is 2.15 bits per heavy atom. The molecule has 0 aromatic heterocycles. The van der Waals surface area contributed by atoms with Gasteiger partial charge in [-0.1, -0.05) is 39.7 Å². The molecule has 0 saturated heterocycles. The number of benzene rings is 2. The largest absolute Gasteiger partial charge is 0.416 e. The third-order valence-electron chi connectivity index (χ3n) is 2.76. The third-order valence-corrected chi connectivity index (χ3v) is 4.03. The van der Waals surface area contributed by atoms with Gasteiger partial charge in [0.05, 0.1) is 10.4 Å². The minimum absolute atomic E-state index is 0.0675. The third kappa shape index (κ3) is 3.33. The van der Waals surface area contributed by atoms with E-state index in [2.05, 4.69) is 15.9 Å². The number of alkyl halides is 4. The molecule has 106 valence electrons. The van der Waals surface area contributed by atoms with Gasteiger partial charge in [0.1, 0.15) is 5.82 Å². The Morgan fingerprint density at radius 2 is 1.60 bits per heavy atom. The molecule has 1 unspecified atom stereocenters. The Kier molecular flexibility index (Phi) is 4.39. The number of hydrogen-bond donors (Lipinski definition) is 0. The number of hydrogen-bond acceptors (Lipinski definition) is 0. The van der Waals surface area contributed by atoms with Crippen molar-refractivity contribution in [3.8, 4) is 0 Å². The van der Waals surface area contributed by atoms with Gasteiger partial charge in [-0.3, -0.25) is 0 Å². The Bertz CT molecular complexity index is 608. The summed E-state index contributed by atoms with van der Waals surface area (Å²) in [7, 11) is 0. The van der Waals surface area contributed by atoms with E-state index in [0.717, 1.165) is 18.2 Å². The zero-order valence-corrected chi connectivity index (χ0v) is 12.2. The molecule has 0 aliphatic carbocycles. The Balaban J connectivity index is 2.43. The first kappa shape index (κ1) is 15.3. The zero-order chi connectivity index (χ0) is 14.9. The molecule has 0 amide bonds. The fraction of sp³-hybridized carbons (Fsp3) is 0.143. The van der Waals surface area contributed by atoms with Gasteiger partial charge in [0.25, 0.3) is 0 Å². The zero-order valence-electron chi connectivity index (χ0n) is 9.89. The van der Waals surface area contributed by atoms with Crippen molar-refractivity contribution in [1.82, 2.24) is 0 Å². The molecule has 0 nitrogen and oxygen atoms in total. The van der Waals surface area contributed by atoms with Crippen LogP contribution in [-0.2, 0) is 6.18 Å². The van der Waals surface area contributed by atoms with E-state index in [1.807, 2.05) is 0 Å². The van der Waals surface area contributed by atoms with E-state index in [-0.39, 0.29) is 5.56 Å². The lowest BCUT2D eigenvalue weighted by Crippen LogP contribution is -2.07. The number of rotatable bonds is 2. The average Bonchev–Trinajstić information content (AvgIpc) is 2.38. The molecular formula is C14H8BrClF4. The second kappa shape index (κ2) is 5.74. The van der Waals surface area contributed by atoms with E-state index in [9.17, 15) is 17.6 Å². The van der Waals surface area contributed by atoms with Crippen LogP contribution in [-0.4, -0.2) is 0 Å². The normalized spacial score (nSPS) is 13.3. The fourth-order valence-corrected chi connectivity index (χ4v) is 2.51. The van der Waals surface area contributed by atoms with Crippen molar-refractivity contribution in [3.05, 3.63) is 70.0 Å². The van der Waals surface area contributed by atoms with Gasteiger partial charge in [0, 0.05) is 10.6 Å². The fourth-order valence-electron chi connectivity index (χ4n) is 1.73. The van der Waals surface area contributed by atoms with Crippen molar-refractivity contribution < 1.29 is 17.6 Å². The Hall–Kier alpha value is -1.07. The summed E-state index contributed by atoms with van der Waals surface area (Å²) in [6.07, 6.45) is -4.50. The van der Waals surface area contributed by atoms with Gasteiger partial charge in [-0.15, -0.1) is 0 Å². The first-order chi connectivity index (χ1) is 9.29. The SMILES string of the molecule is Fc1ccc(C(F)(F)F)cc1C(Br)c1ccc(Cl)cc1. The van der Waals surface area contributed by atoms with Crippen LogP contribution < -0.4 is 0 Å². The molecular weight excluding hydrogens is 360 g/mol. The smallest absolute Gasteiger partial charge is 0.207 e. The van der Waals surface area contributed by atoms with Gasteiger partial charge in [-0.25, -0.2) is 4.39 Å². The number of halogens is 6. The maximum absolute atomic E-state index is 13.7. The van der Waals surface area contributed by atoms with Crippen LogP contribution in [0.4, 0.5) is 17.6 Å². The Morgan fingerprint density at radius 1 is 1.00 bits per heavy atom. The van der Waals surface area contributed by atoms with Gasteiger partial charge < -0.3 is 0 Å². The van der Waals surface area contributed by atoms with Crippen LogP contribution >= 0.6 is 27.5 Å². The van der Waals surface area contributed by atoms with E-state index in [1.54, 1.807) is 24.3 Å². The molecule has 0 bridgehead atoms. The highest BCUT2D eigenvalue weighted by Crippen LogP contribution is 2.37. The molecule has 1 atom stereocenters. The van der Waals surface area contributed by atoms with Crippen molar-refractivity contribution in [1.29, 1.82) is 0 Å². The second-order valence-corrected chi connectivity index (χ2v) is 5.50. The summed E-state index contributed by atoms with van der Waals surface area (Å²) in [5, 5.41) is 0.498. The monoisotopic (exact) mass is 366 g/mol. The van der Waals surface area contributed by atoms with Gasteiger partial charge in [0.15, 0.2) is 0 Å². The van der Waals surface area contributed by atoms with Crippen LogP contribution in [0.1, 0.15) is 21.5 Å². The van der Waals surface area contributed by atoms with E-state index in [1.165, 1.54) is 0 Å². The summed E-state index contributed by atoms with van der Waals surface area (Å²) in [4.78, 5) is -0.679. The summed E-state index contributed by atoms with van der Waals surface area (Å²) >= 11 is 8.96. The molecule has 0 radical (unpaired) electrons. The standard InChI is InChI=1S/C14H8BrClF4/c15-13(8-1-4-10(16)5-2-8)11-7-9(14(18,19)20)3-6-12(11)17/h1-7,13H. The van der Waals surface area contributed by atoms with E-state index >= 15 is 0 Å². The quantitative estimate of drug-likeness (QED) is 0.452. The molecule has 0 aliphatic rings. The van der Waals surface area contributed by atoms with Crippen molar-refractivity contribution in [2.45, 2.75) is 11.0 Å². The molecule has 0 saturated carbocycles. The molecule has 2 aromatic carbocycles. The van der Waals surface area contributed by atoms with E-state index in [0.29, 0.717) is 10.6 Å². The highest BCUT2D eigenvalue weighted by atomic mass is 79.9. The predicted molar refractivity (Wildman–Crippen MR) is 73.6 cm³/mol. The maximum Gasteiger partial charge on any atom is 0.416 e. The van der Waals surface area contributed by atoms with Crippen LogP contribution in [0.2, 0.25) is 5.02 Å². The minimum atomic E-state index is -4.50. The maximum atomic E-state index is 13.7. The molecule has 0 fully saturated rings. The summed E-state index contributed by atoms with van der Waals surface area (Å²) in [6.45, 7) is 0. The van der Waals surface area contributed by atoms with Crippen molar-refractivity contribution in [3.63, 3.8) is 0 Å². The van der Waals surface area contributed by atoms with Crippen molar-refractivity contribution >= 4 is 27.5 Å². The van der Waals surface area contributed by atoms with Crippen LogP contribution in [0, 0.1) is 5.82 Å². The highest BCUT2D eigenvalue weighted by molar-refractivity contribution is 9.09. The van der Waals surface area contributed by atoms with E-state index < -0.39 is 22.4 Å². The molecule has 0 N–H and O–H groups in total. The lowest BCUT2D eigenvalue weighted by molar-refractivity contribution is -0.137. The van der Waals surface area contributed by atoms with Gasteiger partial charge in [-0.2, -0.15) is 13.2 Å². The van der Waals surface area contributed by atoms with Gasteiger partial charge in [-0.05, 0) is 35.9 Å². The van der Waals surface area contributed by atoms with Crippen LogP contribution in [0.25, 0.3) is 0 Å². The van der Waals surface area contributed by atoms with Gasteiger partial charge >= 0.3 is 6.18 Å². The summed E-state index contributed by atoms with van der Waals surface area (Å²) in [6, 6.07) is 8.79. The Labute approximate surface area is 126 Å². The molecule has 2 aromatic rings. The minimum Gasteiger partial charge on any atom is -0.207 e. The van der Waals surface area contributed by atoms with Crippen LogP contribution in [0.5, 0.6) is 0 Å². The van der Waals surface area contributed by atoms with Crippen molar-refractivity contribution in [2.75, 3.05) is 0 Å². The van der Waals surface area contributed by atoms with Crippen LogP contribution in [0.15, 0.2) is 42.5 Å². The van der Waals surface area contributed by atoms with Gasteiger partial charge in [0.2, 0.25) is 0 Å². The van der Waals surface area contributed by atoms with E-state index in [4.69, 9.17) is 11.6 Å². The topological polar surface area (TPSA) is 0 Å².